The molecule has 0 amide bonds. The average Bonchev–Trinajstić information content (AvgIpc) is 2.90. The predicted octanol–water partition coefficient (Wildman–Crippen LogP) is 3.15. The van der Waals surface area contributed by atoms with Gasteiger partial charge in [0.05, 0.1) is 17.3 Å². The van der Waals surface area contributed by atoms with Crippen LogP contribution in [-0.2, 0) is 0 Å². The number of halogens is 1. The van der Waals surface area contributed by atoms with E-state index < -0.39 is 5.97 Å². The first-order valence-corrected chi connectivity index (χ1v) is 5.91. The summed E-state index contributed by atoms with van der Waals surface area (Å²) in [5.41, 5.74) is 2.81. The Kier molecular flexibility index (Phi) is 4.05. The van der Waals surface area contributed by atoms with Crippen LogP contribution in [-0.4, -0.2) is 20.5 Å². The third-order valence-electron chi connectivity index (χ3n) is 3.02. The Morgan fingerprint density at radius 1 is 1.19 bits per heavy atom. The number of benzene rings is 1. The lowest BCUT2D eigenvalue weighted by molar-refractivity contribution is 0.0689. The van der Waals surface area contributed by atoms with Gasteiger partial charge in [-0.25, -0.2) is 9.78 Å². The Morgan fingerprint density at radius 2 is 1.90 bits per heavy atom. The molecule has 21 heavy (non-hydrogen) atoms. The van der Waals surface area contributed by atoms with Crippen LogP contribution in [0.1, 0.15) is 16.1 Å². The molecule has 2 heterocycles. The molecule has 0 saturated carbocycles. The van der Waals surface area contributed by atoms with Crippen molar-refractivity contribution in [2.45, 2.75) is 0 Å². The molecule has 0 atom stereocenters. The summed E-state index contributed by atoms with van der Waals surface area (Å²) in [5.74, 6) is -1.00. The van der Waals surface area contributed by atoms with Crippen LogP contribution in [0.5, 0.6) is 0 Å². The van der Waals surface area contributed by atoms with Crippen molar-refractivity contribution >= 4 is 28.6 Å². The summed E-state index contributed by atoms with van der Waals surface area (Å²) < 4.78 is 1.54. The summed E-state index contributed by atoms with van der Waals surface area (Å²) in [5, 5.41) is 17.9. The van der Waals surface area contributed by atoms with Crippen molar-refractivity contribution < 1.29 is 9.90 Å². The second-order valence-electron chi connectivity index (χ2n) is 4.26. The van der Waals surface area contributed by atoms with E-state index in [1.807, 2.05) is 0 Å². The quantitative estimate of drug-likeness (QED) is 0.775. The standard InChI is InChI=1S/C15H9N3O2.BrH/c16-8-10-4-6-11(7-5-10)12-9-18-13(15(19)20)2-1-3-14(18)17-12;/h1-7,9H,(H,19,20);1H. The van der Waals surface area contributed by atoms with E-state index >= 15 is 0 Å². The third-order valence-corrected chi connectivity index (χ3v) is 3.02. The highest BCUT2D eigenvalue weighted by atomic mass is 79.9. The second-order valence-corrected chi connectivity index (χ2v) is 4.26. The number of imidazole rings is 1. The zero-order valence-electron chi connectivity index (χ0n) is 10.7. The van der Waals surface area contributed by atoms with Crippen molar-refractivity contribution in [3.05, 3.63) is 59.9 Å². The Labute approximate surface area is 130 Å². The largest absolute Gasteiger partial charge is 0.477 e. The summed E-state index contributed by atoms with van der Waals surface area (Å²) in [7, 11) is 0. The summed E-state index contributed by atoms with van der Waals surface area (Å²) >= 11 is 0. The maximum absolute atomic E-state index is 11.2. The third kappa shape index (κ3) is 2.64. The maximum atomic E-state index is 11.2. The second kappa shape index (κ2) is 5.77. The van der Waals surface area contributed by atoms with Crippen LogP contribution < -0.4 is 0 Å². The lowest BCUT2D eigenvalue weighted by Crippen LogP contribution is -2.03. The van der Waals surface area contributed by atoms with Crippen molar-refractivity contribution in [3.63, 3.8) is 0 Å². The van der Waals surface area contributed by atoms with E-state index in [1.165, 1.54) is 10.5 Å². The molecule has 0 spiro atoms. The van der Waals surface area contributed by atoms with Crippen molar-refractivity contribution in [1.82, 2.24) is 9.38 Å². The van der Waals surface area contributed by atoms with Crippen LogP contribution in [0.4, 0.5) is 0 Å². The first-order chi connectivity index (χ1) is 9.69. The van der Waals surface area contributed by atoms with E-state index in [0.717, 1.165) is 5.56 Å². The molecular formula is C15H10BrN3O2. The zero-order valence-corrected chi connectivity index (χ0v) is 12.4. The fraction of sp³-hybridized carbons (Fsp3) is 0. The highest BCUT2D eigenvalue weighted by molar-refractivity contribution is 8.93. The van der Waals surface area contributed by atoms with Crippen LogP contribution in [0.3, 0.4) is 0 Å². The molecule has 0 bridgehead atoms. The Bertz CT molecular complexity index is 847. The topological polar surface area (TPSA) is 78.4 Å². The molecule has 0 aliphatic carbocycles. The minimum absolute atomic E-state index is 0. The summed E-state index contributed by atoms with van der Waals surface area (Å²) in [6, 6.07) is 14.0. The molecule has 3 rings (SSSR count). The van der Waals surface area contributed by atoms with Crippen LogP contribution in [0, 0.1) is 11.3 Å². The highest BCUT2D eigenvalue weighted by Crippen LogP contribution is 2.20. The van der Waals surface area contributed by atoms with Gasteiger partial charge in [0.1, 0.15) is 11.3 Å². The van der Waals surface area contributed by atoms with Gasteiger partial charge < -0.3 is 5.11 Å². The van der Waals surface area contributed by atoms with Gasteiger partial charge in [0.15, 0.2) is 0 Å². The van der Waals surface area contributed by atoms with Gasteiger partial charge in [0, 0.05) is 11.8 Å². The van der Waals surface area contributed by atoms with Gasteiger partial charge in [0.2, 0.25) is 0 Å². The molecule has 0 saturated heterocycles. The molecule has 3 aromatic rings. The molecule has 1 aromatic carbocycles. The first-order valence-electron chi connectivity index (χ1n) is 5.91. The van der Waals surface area contributed by atoms with Crippen molar-refractivity contribution in [2.75, 3.05) is 0 Å². The molecule has 5 nitrogen and oxygen atoms in total. The van der Waals surface area contributed by atoms with Crippen LogP contribution in [0.2, 0.25) is 0 Å². The van der Waals surface area contributed by atoms with E-state index in [4.69, 9.17) is 10.4 Å². The maximum Gasteiger partial charge on any atom is 0.352 e. The highest BCUT2D eigenvalue weighted by Gasteiger charge is 2.11. The first kappa shape index (κ1) is 14.8. The molecule has 0 aliphatic rings. The number of carbonyl (C=O) groups is 1. The molecule has 0 fully saturated rings. The number of nitrogens with zero attached hydrogens (tertiary/aromatic N) is 3. The molecule has 104 valence electrons. The van der Waals surface area contributed by atoms with Crippen LogP contribution in [0.15, 0.2) is 48.7 Å². The van der Waals surface area contributed by atoms with Gasteiger partial charge in [-0.3, -0.25) is 4.40 Å². The molecule has 0 radical (unpaired) electrons. The van der Waals surface area contributed by atoms with Gasteiger partial charge in [-0.2, -0.15) is 5.26 Å². The van der Waals surface area contributed by atoms with E-state index in [1.54, 1.807) is 42.6 Å². The van der Waals surface area contributed by atoms with Crippen molar-refractivity contribution in [2.24, 2.45) is 0 Å². The number of carboxylic acid groups (broad SMARTS) is 1. The molecule has 2 aromatic heterocycles. The lowest BCUT2D eigenvalue weighted by atomic mass is 10.1. The van der Waals surface area contributed by atoms with E-state index in [-0.39, 0.29) is 22.7 Å². The van der Waals surface area contributed by atoms with Gasteiger partial charge in [-0.1, -0.05) is 18.2 Å². The van der Waals surface area contributed by atoms with Gasteiger partial charge in [-0.15, -0.1) is 17.0 Å². The van der Waals surface area contributed by atoms with Crippen LogP contribution >= 0.6 is 17.0 Å². The average molecular weight is 344 g/mol. The summed E-state index contributed by atoms with van der Waals surface area (Å²) in [4.78, 5) is 15.6. The number of pyridine rings is 1. The summed E-state index contributed by atoms with van der Waals surface area (Å²) in [6.07, 6.45) is 1.68. The van der Waals surface area contributed by atoms with Crippen molar-refractivity contribution in [1.29, 1.82) is 5.26 Å². The molecule has 1 N–H and O–H groups in total. The smallest absolute Gasteiger partial charge is 0.352 e. The molecule has 0 unspecified atom stereocenters. The number of aromatic nitrogens is 2. The zero-order chi connectivity index (χ0) is 14.1. The van der Waals surface area contributed by atoms with E-state index in [2.05, 4.69) is 11.1 Å². The number of nitriles is 1. The fourth-order valence-corrected chi connectivity index (χ4v) is 2.04. The van der Waals surface area contributed by atoms with E-state index in [0.29, 0.717) is 16.9 Å². The minimum atomic E-state index is -1.00. The number of hydrogen-bond donors (Lipinski definition) is 1. The van der Waals surface area contributed by atoms with E-state index in [9.17, 15) is 4.79 Å². The van der Waals surface area contributed by atoms with Gasteiger partial charge in [-0.05, 0) is 24.3 Å². The van der Waals surface area contributed by atoms with Crippen molar-refractivity contribution in [3.8, 4) is 17.3 Å². The number of rotatable bonds is 2. The Balaban J connectivity index is 0.00000161. The predicted molar refractivity (Wildman–Crippen MR) is 82.6 cm³/mol. The molecule has 6 heteroatoms. The SMILES string of the molecule is Br.N#Cc1ccc(-c2cn3c(C(=O)O)cccc3n2)cc1. The fourth-order valence-electron chi connectivity index (χ4n) is 2.04. The summed E-state index contributed by atoms with van der Waals surface area (Å²) in [6.45, 7) is 0. The van der Waals surface area contributed by atoms with Crippen LogP contribution in [0.25, 0.3) is 16.9 Å². The number of aromatic carboxylic acids is 1. The minimum Gasteiger partial charge on any atom is -0.477 e. The molecular weight excluding hydrogens is 334 g/mol. The lowest BCUT2D eigenvalue weighted by Gasteiger charge is -1.98. The number of fused-ring (bicyclic) bond motifs is 1. The van der Waals surface area contributed by atoms with Gasteiger partial charge in [0.25, 0.3) is 0 Å². The van der Waals surface area contributed by atoms with Gasteiger partial charge >= 0.3 is 5.97 Å². The normalized spacial score (nSPS) is 9.86. The number of carboxylic acids is 1. The monoisotopic (exact) mass is 343 g/mol. The number of hydrogen-bond acceptors (Lipinski definition) is 3. The molecule has 0 aliphatic heterocycles. The Hall–Kier alpha value is -2.65. The Morgan fingerprint density at radius 3 is 2.52 bits per heavy atom.